The number of hydrogen-bond acceptors (Lipinski definition) is 4. The summed E-state index contributed by atoms with van der Waals surface area (Å²) in [6.07, 6.45) is 0.499. The first-order valence-electron chi connectivity index (χ1n) is 7.24. The molecule has 21 heavy (non-hydrogen) atoms. The van der Waals surface area contributed by atoms with Crippen LogP contribution in [0.4, 0.5) is 0 Å². The fourth-order valence-electron chi connectivity index (χ4n) is 2.62. The highest BCUT2D eigenvalue weighted by Gasteiger charge is 2.19. The summed E-state index contributed by atoms with van der Waals surface area (Å²) in [6.45, 7) is 2.86. The predicted molar refractivity (Wildman–Crippen MR) is 85.5 cm³/mol. The highest BCUT2D eigenvalue weighted by Crippen LogP contribution is 2.26. The van der Waals surface area contributed by atoms with Gasteiger partial charge in [0.2, 0.25) is 5.91 Å². The number of carbonyl (C=O) groups is 1. The first-order chi connectivity index (χ1) is 10.2. The van der Waals surface area contributed by atoms with E-state index in [0.29, 0.717) is 19.6 Å². The van der Waals surface area contributed by atoms with Gasteiger partial charge in [-0.1, -0.05) is 18.2 Å². The molecule has 0 radical (unpaired) electrons. The molecule has 3 rings (SSSR count). The summed E-state index contributed by atoms with van der Waals surface area (Å²) in [6, 6.07) is 8.48. The molecule has 0 aliphatic carbocycles. The van der Waals surface area contributed by atoms with Gasteiger partial charge in [0.05, 0.1) is 13.2 Å². The Morgan fingerprint density at radius 1 is 1.48 bits per heavy atom. The average Bonchev–Trinajstić information content (AvgIpc) is 2.91. The minimum absolute atomic E-state index is 0.146. The van der Waals surface area contributed by atoms with E-state index < -0.39 is 0 Å². The van der Waals surface area contributed by atoms with Crippen LogP contribution in [-0.4, -0.2) is 43.7 Å². The molecule has 1 N–H and O–H groups in total. The summed E-state index contributed by atoms with van der Waals surface area (Å²) >= 11 is 1.73. The Morgan fingerprint density at radius 2 is 2.33 bits per heavy atom. The first kappa shape index (κ1) is 14.5. The molecule has 1 fully saturated rings. The number of hydrogen-bond donors (Lipinski definition) is 1. The van der Waals surface area contributed by atoms with Crippen LogP contribution in [0.15, 0.2) is 29.6 Å². The Kier molecular flexibility index (Phi) is 4.53. The molecule has 0 spiro atoms. The number of thiophene rings is 1. The van der Waals surface area contributed by atoms with Crippen LogP contribution in [0.1, 0.15) is 12.0 Å². The number of nitrogens with zero attached hydrogens (tertiary/aromatic N) is 1. The highest BCUT2D eigenvalue weighted by atomic mass is 32.1. The molecule has 1 aromatic carbocycles. The molecule has 0 saturated carbocycles. The van der Waals surface area contributed by atoms with E-state index in [-0.39, 0.29) is 11.9 Å². The lowest BCUT2D eigenvalue weighted by molar-refractivity contribution is -0.131. The van der Waals surface area contributed by atoms with Crippen molar-refractivity contribution in [3.05, 3.63) is 35.2 Å². The van der Waals surface area contributed by atoms with Crippen LogP contribution < -0.4 is 5.32 Å². The summed E-state index contributed by atoms with van der Waals surface area (Å²) in [7, 11) is 1.87. The van der Waals surface area contributed by atoms with E-state index in [9.17, 15) is 4.79 Å². The van der Waals surface area contributed by atoms with Gasteiger partial charge in [-0.3, -0.25) is 4.79 Å². The molecule has 2 aromatic rings. The number of fused-ring (bicyclic) bond motifs is 1. The van der Waals surface area contributed by atoms with E-state index in [4.69, 9.17) is 4.74 Å². The van der Waals surface area contributed by atoms with Crippen molar-refractivity contribution in [2.75, 3.05) is 26.8 Å². The third kappa shape index (κ3) is 3.43. The highest BCUT2D eigenvalue weighted by molar-refractivity contribution is 7.17. The van der Waals surface area contributed by atoms with Gasteiger partial charge in [-0.25, -0.2) is 0 Å². The van der Waals surface area contributed by atoms with Crippen LogP contribution in [-0.2, 0) is 16.1 Å². The first-order valence-corrected chi connectivity index (χ1v) is 8.12. The van der Waals surface area contributed by atoms with E-state index in [1.807, 2.05) is 24.1 Å². The second kappa shape index (κ2) is 6.56. The van der Waals surface area contributed by atoms with Crippen molar-refractivity contribution < 1.29 is 9.53 Å². The van der Waals surface area contributed by atoms with E-state index in [2.05, 4.69) is 22.8 Å². The molecular weight excluding hydrogens is 284 g/mol. The zero-order valence-electron chi connectivity index (χ0n) is 12.2. The third-order valence-corrected chi connectivity index (χ3v) is 4.83. The van der Waals surface area contributed by atoms with E-state index in [1.54, 1.807) is 11.3 Å². The molecule has 1 saturated heterocycles. The Bertz CT molecular complexity index is 620. The molecule has 1 atom stereocenters. The van der Waals surface area contributed by atoms with Gasteiger partial charge in [0, 0.05) is 37.3 Å². The number of ether oxygens (including phenoxy) is 1. The maximum atomic E-state index is 12.3. The van der Waals surface area contributed by atoms with E-state index in [1.165, 1.54) is 15.6 Å². The SMILES string of the molecule is CN(Cc1csc2ccccc12)C(=O)CC1COCCN1. The zero-order chi connectivity index (χ0) is 14.7. The summed E-state index contributed by atoms with van der Waals surface area (Å²) in [4.78, 5) is 14.1. The van der Waals surface area contributed by atoms with Crippen molar-refractivity contribution >= 4 is 27.3 Å². The van der Waals surface area contributed by atoms with Crippen LogP contribution in [0.3, 0.4) is 0 Å². The van der Waals surface area contributed by atoms with Crippen LogP contribution in [0.25, 0.3) is 10.1 Å². The number of nitrogens with one attached hydrogen (secondary N) is 1. The van der Waals surface area contributed by atoms with Crippen molar-refractivity contribution in [3.63, 3.8) is 0 Å². The molecule has 1 aliphatic rings. The molecule has 1 aliphatic heterocycles. The maximum Gasteiger partial charge on any atom is 0.224 e. The van der Waals surface area contributed by atoms with Gasteiger partial charge < -0.3 is 15.0 Å². The van der Waals surface area contributed by atoms with Crippen LogP contribution in [0.5, 0.6) is 0 Å². The third-order valence-electron chi connectivity index (χ3n) is 3.81. The quantitative estimate of drug-likeness (QED) is 0.942. The van der Waals surface area contributed by atoms with Gasteiger partial charge in [0.25, 0.3) is 0 Å². The summed E-state index contributed by atoms with van der Waals surface area (Å²) in [5, 5.41) is 6.72. The van der Waals surface area contributed by atoms with Gasteiger partial charge in [-0.05, 0) is 22.4 Å². The molecule has 112 valence electrons. The molecular formula is C16H20N2O2S. The van der Waals surface area contributed by atoms with Crippen LogP contribution in [0.2, 0.25) is 0 Å². The largest absolute Gasteiger partial charge is 0.378 e. The van der Waals surface area contributed by atoms with Gasteiger partial charge in [-0.15, -0.1) is 11.3 Å². The maximum absolute atomic E-state index is 12.3. The monoisotopic (exact) mass is 304 g/mol. The van der Waals surface area contributed by atoms with E-state index >= 15 is 0 Å². The van der Waals surface area contributed by atoms with Crippen LogP contribution >= 0.6 is 11.3 Å². The van der Waals surface area contributed by atoms with Crippen molar-refractivity contribution in [2.45, 2.75) is 19.0 Å². The van der Waals surface area contributed by atoms with Crippen molar-refractivity contribution in [2.24, 2.45) is 0 Å². The minimum atomic E-state index is 0.146. The second-order valence-electron chi connectivity index (χ2n) is 5.44. The topological polar surface area (TPSA) is 41.6 Å². The number of carbonyl (C=O) groups excluding carboxylic acids is 1. The second-order valence-corrected chi connectivity index (χ2v) is 6.35. The van der Waals surface area contributed by atoms with Gasteiger partial charge in [-0.2, -0.15) is 0 Å². The average molecular weight is 304 g/mol. The van der Waals surface area contributed by atoms with Crippen molar-refractivity contribution in [3.8, 4) is 0 Å². The summed E-state index contributed by atoms with van der Waals surface area (Å²) in [5.74, 6) is 0.160. The fraction of sp³-hybridized carbons (Fsp3) is 0.438. The summed E-state index contributed by atoms with van der Waals surface area (Å²) in [5.41, 5.74) is 1.22. The van der Waals surface area contributed by atoms with Gasteiger partial charge >= 0.3 is 0 Å². The Labute approximate surface area is 128 Å². The normalized spacial score (nSPS) is 18.8. The van der Waals surface area contributed by atoms with Crippen molar-refractivity contribution in [1.82, 2.24) is 10.2 Å². The van der Waals surface area contributed by atoms with Gasteiger partial charge in [0.1, 0.15) is 0 Å². The smallest absolute Gasteiger partial charge is 0.224 e. The van der Waals surface area contributed by atoms with Crippen LogP contribution in [0, 0.1) is 0 Å². The Balaban J connectivity index is 1.62. The Morgan fingerprint density at radius 3 is 3.14 bits per heavy atom. The minimum Gasteiger partial charge on any atom is -0.378 e. The predicted octanol–water partition coefficient (Wildman–Crippen LogP) is 2.24. The molecule has 0 bridgehead atoms. The lowest BCUT2D eigenvalue weighted by Gasteiger charge is -2.25. The lowest BCUT2D eigenvalue weighted by Crippen LogP contribution is -2.44. The molecule has 5 heteroatoms. The summed E-state index contributed by atoms with van der Waals surface area (Å²) < 4.78 is 6.67. The van der Waals surface area contributed by atoms with Gasteiger partial charge in [0.15, 0.2) is 0 Å². The molecule has 4 nitrogen and oxygen atoms in total. The lowest BCUT2D eigenvalue weighted by atomic mass is 10.1. The molecule has 1 aromatic heterocycles. The number of morpholine rings is 1. The zero-order valence-corrected chi connectivity index (χ0v) is 13.0. The van der Waals surface area contributed by atoms with E-state index in [0.717, 1.165) is 13.2 Å². The number of amides is 1. The standard InChI is InChI=1S/C16H20N2O2S/c1-18(16(19)8-13-10-20-7-6-17-13)9-12-11-21-15-5-3-2-4-14(12)15/h2-5,11,13,17H,6-10H2,1H3. The molecule has 1 unspecified atom stereocenters. The molecule has 2 heterocycles. The Hall–Kier alpha value is -1.43. The fourth-order valence-corrected chi connectivity index (χ4v) is 3.57. The number of rotatable bonds is 4. The molecule has 1 amide bonds. The van der Waals surface area contributed by atoms with Crippen molar-refractivity contribution in [1.29, 1.82) is 0 Å². The number of benzene rings is 1.